The van der Waals surface area contributed by atoms with E-state index in [2.05, 4.69) is 13.8 Å². The van der Waals surface area contributed by atoms with Crippen molar-refractivity contribution in [2.45, 2.75) is 46.5 Å². The first-order valence-electron chi connectivity index (χ1n) is 8.51. The molecule has 0 atom stereocenters. The van der Waals surface area contributed by atoms with Gasteiger partial charge in [-0.05, 0) is 37.3 Å². The van der Waals surface area contributed by atoms with Gasteiger partial charge in [0.05, 0.1) is 24.2 Å². The SMILES string of the molecule is CCCCOc1cccc2ccc(C(C)=O)c(OCCCC)c12. The van der Waals surface area contributed by atoms with Gasteiger partial charge in [-0.2, -0.15) is 0 Å². The van der Waals surface area contributed by atoms with Gasteiger partial charge in [0.15, 0.2) is 5.78 Å². The summed E-state index contributed by atoms with van der Waals surface area (Å²) in [5.74, 6) is 1.47. The fraction of sp³-hybridized carbons (Fsp3) is 0.450. The number of fused-ring (bicyclic) bond motifs is 1. The van der Waals surface area contributed by atoms with Gasteiger partial charge in [-0.3, -0.25) is 4.79 Å². The predicted octanol–water partition coefficient (Wildman–Crippen LogP) is 5.40. The van der Waals surface area contributed by atoms with Crippen molar-refractivity contribution < 1.29 is 14.3 Å². The zero-order chi connectivity index (χ0) is 16.7. The lowest BCUT2D eigenvalue weighted by Gasteiger charge is -2.16. The first-order chi connectivity index (χ1) is 11.2. The molecule has 0 amide bonds. The monoisotopic (exact) mass is 314 g/mol. The number of unbranched alkanes of at least 4 members (excludes halogenated alkanes) is 2. The molecule has 3 nitrogen and oxygen atoms in total. The van der Waals surface area contributed by atoms with Crippen LogP contribution in [0.2, 0.25) is 0 Å². The fourth-order valence-electron chi connectivity index (χ4n) is 2.51. The number of ketones is 1. The zero-order valence-electron chi connectivity index (χ0n) is 14.4. The standard InChI is InChI=1S/C20H26O3/c1-4-6-13-22-18-10-8-9-16-11-12-17(15(3)21)20(19(16)18)23-14-7-5-2/h8-12H,4-7,13-14H2,1-3H3. The summed E-state index contributed by atoms with van der Waals surface area (Å²) in [6.45, 7) is 7.12. The van der Waals surface area contributed by atoms with E-state index in [0.29, 0.717) is 24.5 Å². The average molecular weight is 314 g/mol. The Morgan fingerprint density at radius 2 is 1.65 bits per heavy atom. The number of ether oxygens (including phenoxy) is 2. The molecule has 0 aliphatic heterocycles. The van der Waals surface area contributed by atoms with E-state index in [1.54, 1.807) is 6.92 Å². The summed E-state index contributed by atoms with van der Waals surface area (Å²) in [6, 6.07) is 9.77. The number of benzene rings is 2. The molecule has 0 aliphatic rings. The van der Waals surface area contributed by atoms with Crippen molar-refractivity contribution >= 4 is 16.6 Å². The van der Waals surface area contributed by atoms with Crippen molar-refractivity contribution in [1.29, 1.82) is 0 Å². The lowest BCUT2D eigenvalue weighted by Crippen LogP contribution is -2.05. The van der Waals surface area contributed by atoms with Gasteiger partial charge in [-0.25, -0.2) is 0 Å². The van der Waals surface area contributed by atoms with Crippen LogP contribution in [0.15, 0.2) is 30.3 Å². The first-order valence-corrected chi connectivity index (χ1v) is 8.51. The minimum Gasteiger partial charge on any atom is -0.493 e. The summed E-state index contributed by atoms with van der Waals surface area (Å²) < 4.78 is 11.9. The van der Waals surface area contributed by atoms with Crippen LogP contribution in [0, 0.1) is 0 Å². The molecule has 0 heterocycles. The summed E-state index contributed by atoms with van der Waals surface area (Å²) in [4.78, 5) is 12.0. The van der Waals surface area contributed by atoms with Crippen molar-refractivity contribution in [3.63, 3.8) is 0 Å². The Morgan fingerprint density at radius 3 is 2.30 bits per heavy atom. The molecule has 0 aromatic heterocycles. The van der Waals surface area contributed by atoms with E-state index in [1.807, 2.05) is 30.3 Å². The molecular formula is C20H26O3. The van der Waals surface area contributed by atoms with Crippen LogP contribution in [0.1, 0.15) is 56.8 Å². The smallest absolute Gasteiger partial charge is 0.163 e. The van der Waals surface area contributed by atoms with Gasteiger partial charge >= 0.3 is 0 Å². The topological polar surface area (TPSA) is 35.5 Å². The Hall–Kier alpha value is -2.03. The largest absolute Gasteiger partial charge is 0.493 e. The normalized spacial score (nSPS) is 10.7. The molecule has 0 spiro atoms. The second-order valence-corrected chi connectivity index (χ2v) is 5.76. The summed E-state index contributed by atoms with van der Waals surface area (Å²) in [6.07, 6.45) is 4.12. The molecule has 124 valence electrons. The molecule has 2 rings (SSSR count). The lowest BCUT2D eigenvalue weighted by atomic mass is 10.0. The third-order valence-corrected chi connectivity index (χ3v) is 3.84. The Bertz CT molecular complexity index is 661. The summed E-state index contributed by atoms with van der Waals surface area (Å²) in [7, 11) is 0. The number of carbonyl (C=O) groups excluding carboxylic acids is 1. The second kappa shape index (κ2) is 8.56. The summed E-state index contributed by atoms with van der Waals surface area (Å²) >= 11 is 0. The maximum absolute atomic E-state index is 12.0. The van der Waals surface area contributed by atoms with Crippen molar-refractivity contribution in [2.75, 3.05) is 13.2 Å². The quantitative estimate of drug-likeness (QED) is 0.459. The van der Waals surface area contributed by atoms with E-state index >= 15 is 0 Å². The number of rotatable bonds is 9. The fourth-order valence-corrected chi connectivity index (χ4v) is 2.51. The van der Waals surface area contributed by atoms with Gasteiger partial charge in [0.25, 0.3) is 0 Å². The molecule has 0 saturated heterocycles. The molecule has 0 radical (unpaired) electrons. The molecule has 0 bridgehead atoms. The van der Waals surface area contributed by atoms with Gasteiger partial charge in [0.1, 0.15) is 11.5 Å². The number of Topliss-reactive ketones (excluding diaryl/α,β-unsaturated/α-hetero) is 1. The summed E-state index contributed by atoms with van der Waals surface area (Å²) in [5, 5.41) is 1.95. The van der Waals surface area contributed by atoms with Crippen LogP contribution in [-0.4, -0.2) is 19.0 Å². The Morgan fingerprint density at radius 1 is 0.957 bits per heavy atom. The third-order valence-electron chi connectivity index (χ3n) is 3.84. The molecule has 0 fully saturated rings. The van der Waals surface area contributed by atoms with Crippen LogP contribution in [0.3, 0.4) is 0 Å². The molecular weight excluding hydrogens is 288 g/mol. The number of carbonyl (C=O) groups is 1. The average Bonchev–Trinajstić information content (AvgIpc) is 2.55. The molecule has 0 N–H and O–H groups in total. The highest BCUT2D eigenvalue weighted by Crippen LogP contribution is 2.37. The van der Waals surface area contributed by atoms with Crippen molar-refractivity contribution in [3.8, 4) is 11.5 Å². The van der Waals surface area contributed by atoms with Crippen LogP contribution >= 0.6 is 0 Å². The minimum atomic E-state index is 0.0155. The summed E-state index contributed by atoms with van der Waals surface area (Å²) in [5.41, 5.74) is 0.625. The Labute approximate surface area is 138 Å². The van der Waals surface area contributed by atoms with Crippen molar-refractivity contribution in [2.24, 2.45) is 0 Å². The number of hydrogen-bond acceptors (Lipinski definition) is 3. The van der Waals surface area contributed by atoms with Crippen LogP contribution < -0.4 is 9.47 Å². The van der Waals surface area contributed by atoms with Gasteiger partial charge < -0.3 is 9.47 Å². The van der Waals surface area contributed by atoms with Crippen molar-refractivity contribution in [3.05, 3.63) is 35.9 Å². The second-order valence-electron chi connectivity index (χ2n) is 5.76. The maximum atomic E-state index is 12.0. The van der Waals surface area contributed by atoms with E-state index in [-0.39, 0.29) is 5.78 Å². The van der Waals surface area contributed by atoms with Gasteiger partial charge in [0, 0.05) is 0 Å². The highest BCUT2D eigenvalue weighted by Gasteiger charge is 2.16. The molecule has 0 unspecified atom stereocenters. The molecule has 3 heteroatoms. The van der Waals surface area contributed by atoms with E-state index in [4.69, 9.17) is 9.47 Å². The van der Waals surface area contributed by atoms with E-state index in [1.165, 1.54) is 0 Å². The van der Waals surface area contributed by atoms with Gasteiger partial charge in [-0.1, -0.05) is 44.9 Å². The van der Waals surface area contributed by atoms with Crippen LogP contribution in [0.4, 0.5) is 0 Å². The van der Waals surface area contributed by atoms with Crippen LogP contribution in [0.25, 0.3) is 10.8 Å². The van der Waals surface area contributed by atoms with E-state index in [0.717, 1.165) is 42.2 Å². The highest BCUT2D eigenvalue weighted by molar-refractivity contribution is 6.05. The molecule has 2 aromatic rings. The Kier molecular flexibility index (Phi) is 6.45. The van der Waals surface area contributed by atoms with Gasteiger partial charge in [0.2, 0.25) is 0 Å². The molecule has 23 heavy (non-hydrogen) atoms. The Balaban J connectivity index is 2.49. The van der Waals surface area contributed by atoms with E-state index in [9.17, 15) is 4.79 Å². The van der Waals surface area contributed by atoms with Crippen molar-refractivity contribution in [1.82, 2.24) is 0 Å². The molecule has 0 saturated carbocycles. The maximum Gasteiger partial charge on any atom is 0.163 e. The lowest BCUT2D eigenvalue weighted by molar-refractivity contribution is 0.101. The zero-order valence-corrected chi connectivity index (χ0v) is 14.4. The number of hydrogen-bond donors (Lipinski definition) is 0. The molecule has 2 aromatic carbocycles. The highest BCUT2D eigenvalue weighted by atomic mass is 16.5. The van der Waals surface area contributed by atoms with E-state index < -0.39 is 0 Å². The van der Waals surface area contributed by atoms with Gasteiger partial charge in [-0.15, -0.1) is 0 Å². The first kappa shape index (κ1) is 17.3. The van der Waals surface area contributed by atoms with Crippen LogP contribution in [0.5, 0.6) is 11.5 Å². The predicted molar refractivity (Wildman–Crippen MR) is 94.8 cm³/mol. The minimum absolute atomic E-state index is 0.0155. The molecule has 0 aliphatic carbocycles. The van der Waals surface area contributed by atoms with Crippen LogP contribution in [-0.2, 0) is 0 Å². The third kappa shape index (κ3) is 4.25.